The maximum Gasteiger partial charge on any atom is 0.328 e. The summed E-state index contributed by atoms with van der Waals surface area (Å²) in [6.07, 6.45) is 0.664. The van der Waals surface area contributed by atoms with Gasteiger partial charge >= 0.3 is 11.9 Å². The second-order valence-electron chi connectivity index (χ2n) is 8.98. The lowest BCUT2D eigenvalue weighted by Gasteiger charge is -2.25. The number of rotatable bonds is 12. The van der Waals surface area contributed by atoms with Crippen molar-refractivity contribution in [3.8, 4) is 0 Å². The Morgan fingerprint density at radius 3 is 1.87 bits per heavy atom. The molecule has 1 aliphatic carbocycles. The molecule has 39 heavy (non-hydrogen) atoms. The lowest BCUT2D eigenvalue weighted by atomic mass is 9.82. The third-order valence-electron chi connectivity index (χ3n) is 6.26. The van der Waals surface area contributed by atoms with Gasteiger partial charge in [0, 0.05) is 54.3 Å². The number of likely N-dealkylation sites (N-methyl/N-ethyl adjacent to an activating group) is 1. The van der Waals surface area contributed by atoms with Crippen molar-refractivity contribution >= 4 is 34.9 Å². The quantitative estimate of drug-likeness (QED) is 0.169. The first-order valence-corrected chi connectivity index (χ1v) is 12.6. The summed E-state index contributed by atoms with van der Waals surface area (Å²) in [6.45, 7) is 7.95. The Balaban J connectivity index is 0.000000459. The van der Waals surface area contributed by atoms with Crippen molar-refractivity contribution in [3.63, 3.8) is 0 Å². The normalized spacial score (nSPS) is 16.2. The molecule has 0 radical (unpaired) electrons. The van der Waals surface area contributed by atoms with Gasteiger partial charge in [-0.25, -0.2) is 9.59 Å². The second kappa shape index (κ2) is 13.7. The van der Waals surface area contributed by atoms with Gasteiger partial charge in [0.1, 0.15) is 0 Å². The highest BCUT2D eigenvalue weighted by atomic mass is 16.6. The Morgan fingerprint density at radius 1 is 0.949 bits per heavy atom. The van der Waals surface area contributed by atoms with Gasteiger partial charge in [0.2, 0.25) is 0 Å². The number of carbonyl (C=O) groups is 4. The molecule has 1 saturated heterocycles. The average Bonchev–Trinajstić information content (AvgIpc) is 3.76. The topological polar surface area (TPSA) is 169 Å². The number of carbonyl (C=O) groups excluding carboxylic acids is 2. The van der Waals surface area contributed by atoms with E-state index in [0.29, 0.717) is 65.5 Å². The molecule has 2 unspecified atom stereocenters. The zero-order chi connectivity index (χ0) is 28.5. The van der Waals surface area contributed by atoms with Gasteiger partial charge < -0.3 is 35.6 Å². The summed E-state index contributed by atoms with van der Waals surface area (Å²) < 4.78 is 5.26. The predicted octanol–water partition coefficient (Wildman–Crippen LogP) is 2.10. The van der Waals surface area contributed by atoms with E-state index in [2.05, 4.69) is 29.4 Å². The van der Waals surface area contributed by atoms with Crippen molar-refractivity contribution < 1.29 is 39.2 Å². The van der Waals surface area contributed by atoms with Crippen molar-refractivity contribution in [2.75, 3.05) is 50.0 Å². The van der Waals surface area contributed by atoms with Crippen LogP contribution in [-0.2, 0) is 14.3 Å². The Labute approximate surface area is 226 Å². The molecule has 208 valence electrons. The summed E-state index contributed by atoms with van der Waals surface area (Å²) in [6, 6.07) is 10.5. The van der Waals surface area contributed by atoms with Crippen LogP contribution in [0.25, 0.3) is 0 Å². The predicted molar refractivity (Wildman–Crippen MR) is 145 cm³/mol. The van der Waals surface area contributed by atoms with Gasteiger partial charge in [-0.1, -0.05) is 38.1 Å². The number of epoxide rings is 1. The molecular formula is C28H33N3O8. The zero-order valence-electron chi connectivity index (χ0n) is 21.8. The van der Waals surface area contributed by atoms with Crippen LogP contribution in [0.3, 0.4) is 0 Å². The summed E-state index contributed by atoms with van der Waals surface area (Å²) in [7, 11) is 0. The lowest BCUT2D eigenvalue weighted by molar-refractivity contribution is -0.134. The van der Waals surface area contributed by atoms with E-state index in [0.717, 1.165) is 13.1 Å². The van der Waals surface area contributed by atoms with E-state index in [1.807, 2.05) is 6.07 Å². The van der Waals surface area contributed by atoms with Gasteiger partial charge in [-0.05, 0) is 25.2 Å². The number of nitrogens with zero attached hydrogens (tertiary/aromatic N) is 1. The highest BCUT2D eigenvalue weighted by molar-refractivity contribution is 6.31. The number of ketones is 2. The smallest absolute Gasteiger partial charge is 0.328 e. The van der Waals surface area contributed by atoms with E-state index in [-0.39, 0.29) is 24.2 Å². The SMILES string of the molecule is CCN(CC)CC(O)CNc1ccc(NCC2CO2)c2c1C(=O)c1ccccc1C2=O.O=C(O)/C=C/C(=O)O. The van der Waals surface area contributed by atoms with Gasteiger partial charge in [-0.15, -0.1) is 0 Å². The summed E-state index contributed by atoms with van der Waals surface area (Å²) >= 11 is 0. The van der Waals surface area contributed by atoms with Crippen LogP contribution in [0.4, 0.5) is 11.4 Å². The van der Waals surface area contributed by atoms with Gasteiger partial charge in [0.05, 0.1) is 29.9 Å². The first-order valence-electron chi connectivity index (χ1n) is 12.6. The third-order valence-corrected chi connectivity index (χ3v) is 6.26. The lowest BCUT2D eigenvalue weighted by Crippen LogP contribution is -2.36. The van der Waals surface area contributed by atoms with Crippen LogP contribution in [0.2, 0.25) is 0 Å². The fraction of sp³-hybridized carbons (Fsp3) is 0.357. The number of aliphatic hydroxyl groups is 1. The summed E-state index contributed by atoms with van der Waals surface area (Å²) in [5.74, 6) is -2.87. The van der Waals surface area contributed by atoms with Crippen LogP contribution >= 0.6 is 0 Å². The molecule has 0 bridgehead atoms. The number of anilines is 2. The fourth-order valence-corrected chi connectivity index (χ4v) is 4.14. The van der Waals surface area contributed by atoms with Gasteiger partial charge in [0.15, 0.2) is 11.6 Å². The number of benzene rings is 2. The van der Waals surface area contributed by atoms with Crippen molar-refractivity contribution in [2.45, 2.75) is 26.1 Å². The molecule has 11 nitrogen and oxygen atoms in total. The molecule has 2 aromatic carbocycles. The number of ether oxygens (including phenoxy) is 1. The van der Waals surface area contributed by atoms with Gasteiger partial charge in [-0.3, -0.25) is 9.59 Å². The Hall–Kier alpha value is -4.06. The molecule has 0 amide bonds. The molecule has 11 heteroatoms. The number of aliphatic hydroxyl groups excluding tert-OH is 1. The van der Waals surface area contributed by atoms with Crippen LogP contribution in [0.1, 0.15) is 45.7 Å². The van der Waals surface area contributed by atoms with Crippen molar-refractivity contribution in [1.29, 1.82) is 0 Å². The molecular weight excluding hydrogens is 506 g/mol. The minimum Gasteiger partial charge on any atom is -0.478 e. The first kappa shape index (κ1) is 29.5. The number of aliphatic carboxylic acids is 2. The average molecular weight is 540 g/mol. The van der Waals surface area contributed by atoms with Crippen LogP contribution in [0.5, 0.6) is 0 Å². The van der Waals surface area contributed by atoms with Crippen LogP contribution in [-0.4, -0.2) is 95.3 Å². The maximum absolute atomic E-state index is 13.4. The van der Waals surface area contributed by atoms with E-state index in [9.17, 15) is 24.3 Å². The number of fused-ring (bicyclic) bond motifs is 2. The Morgan fingerprint density at radius 2 is 1.44 bits per heavy atom. The number of carboxylic acids is 2. The standard InChI is InChI=1S/C24H29N3O4.C4H4O4/c1-3-27(4-2)13-15(28)11-25-19-9-10-20(26-12-16-14-31-16)22-21(19)23(29)17-7-5-6-8-18(17)24(22)30;5-3(6)1-2-4(7)8/h5-10,15-16,25-26,28H,3-4,11-14H2,1-2H3;1-2H,(H,5,6)(H,7,8)/b;2-1+. The zero-order valence-corrected chi connectivity index (χ0v) is 21.8. The van der Waals surface area contributed by atoms with Crippen LogP contribution in [0.15, 0.2) is 48.6 Å². The van der Waals surface area contributed by atoms with Gasteiger partial charge in [-0.2, -0.15) is 0 Å². The molecule has 2 atom stereocenters. The number of nitrogens with one attached hydrogen (secondary N) is 2. The minimum atomic E-state index is -1.26. The molecule has 1 fully saturated rings. The van der Waals surface area contributed by atoms with E-state index < -0.39 is 18.0 Å². The summed E-state index contributed by atoms with van der Waals surface area (Å²) in [5.41, 5.74) is 2.77. The van der Waals surface area contributed by atoms with Crippen molar-refractivity contribution in [3.05, 3.63) is 70.8 Å². The Bertz CT molecular complexity index is 1240. The number of carboxylic acid groups (broad SMARTS) is 2. The molecule has 0 saturated carbocycles. The van der Waals surface area contributed by atoms with E-state index in [4.69, 9.17) is 14.9 Å². The molecule has 1 aliphatic heterocycles. The van der Waals surface area contributed by atoms with E-state index >= 15 is 0 Å². The molecule has 0 spiro atoms. The Kier molecular flexibility index (Phi) is 10.3. The monoisotopic (exact) mass is 539 g/mol. The van der Waals surface area contributed by atoms with Crippen molar-refractivity contribution in [2.24, 2.45) is 0 Å². The molecule has 0 aromatic heterocycles. The largest absolute Gasteiger partial charge is 0.478 e. The minimum absolute atomic E-state index is 0.144. The molecule has 4 rings (SSSR count). The number of hydrogen-bond donors (Lipinski definition) is 5. The summed E-state index contributed by atoms with van der Waals surface area (Å²) in [5, 5.41) is 32.6. The van der Waals surface area contributed by atoms with E-state index in [1.54, 1.807) is 30.3 Å². The molecule has 5 N–H and O–H groups in total. The van der Waals surface area contributed by atoms with Crippen LogP contribution in [0, 0.1) is 0 Å². The van der Waals surface area contributed by atoms with Crippen LogP contribution < -0.4 is 10.6 Å². The molecule has 1 heterocycles. The molecule has 2 aromatic rings. The highest BCUT2D eigenvalue weighted by Crippen LogP contribution is 2.36. The van der Waals surface area contributed by atoms with E-state index in [1.165, 1.54) is 0 Å². The second-order valence-corrected chi connectivity index (χ2v) is 8.98. The summed E-state index contributed by atoms with van der Waals surface area (Å²) in [4.78, 5) is 48.0. The highest BCUT2D eigenvalue weighted by Gasteiger charge is 2.34. The number of hydrogen-bond acceptors (Lipinski definition) is 9. The maximum atomic E-state index is 13.4. The van der Waals surface area contributed by atoms with Crippen molar-refractivity contribution in [1.82, 2.24) is 4.90 Å². The molecule has 2 aliphatic rings. The van der Waals surface area contributed by atoms with Gasteiger partial charge in [0.25, 0.3) is 0 Å². The third kappa shape index (κ3) is 7.96. The fourth-order valence-electron chi connectivity index (χ4n) is 4.14. The first-order chi connectivity index (χ1) is 18.7.